The summed E-state index contributed by atoms with van der Waals surface area (Å²) < 4.78 is 0. The van der Waals surface area contributed by atoms with Crippen molar-refractivity contribution in [3.63, 3.8) is 0 Å². The molecular weight excluding hydrogens is 286 g/mol. The van der Waals surface area contributed by atoms with Gasteiger partial charge in [0.2, 0.25) is 5.91 Å². The average Bonchev–Trinajstić information content (AvgIpc) is 2.86. The molecule has 2 N–H and O–H groups in total. The van der Waals surface area contributed by atoms with Crippen molar-refractivity contribution in [2.24, 2.45) is 5.41 Å². The molecule has 1 spiro atoms. The number of pyridine rings is 1. The number of hydrogen-bond acceptors (Lipinski definition) is 3. The van der Waals surface area contributed by atoms with Crippen LogP contribution < -0.4 is 5.73 Å². The van der Waals surface area contributed by atoms with Gasteiger partial charge in [-0.1, -0.05) is 19.3 Å². The number of halogens is 1. The Kier molecular flexibility index (Phi) is 5.09. The van der Waals surface area contributed by atoms with E-state index in [2.05, 4.69) is 4.98 Å². The Labute approximate surface area is 132 Å². The number of nitrogens with two attached hydrogens (primary N) is 1. The zero-order chi connectivity index (χ0) is 14.0. The van der Waals surface area contributed by atoms with Gasteiger partial charge in [-0.2, -0.15) is 0 Å². The SMILES string of the molecule is Cl.Nc1ccc(CC(=O)N2CCC3(CCCCC3)C2)nc1. The lowest BCUT2D eigenvalue weighted by atomic mass is 9.73. The third-order valence-corrected chi connectivity index (χ3v) is 4.89. The molecule has 2 heterocycles. The molecule has 116 valence electrons. The first-order valence-corrected chi connectivity index (χ1v) is 7.65. The molecule has 21 heavy (non-hydrogen) atoms. The van der Waals surface area contributed by atoms with Crippen molar-refractivity contribution in [3.05, 3.63) is 24.0 Å². The third kappa shape index (κ3) is 3.67. The van der Waals surface area contributed by atoms with Gasteiger partial charge in [0.1, 0.15) is 0 Å². The Morgan fingerprint density at radius 2 is 2.00 bits per heavy atom. The summed E-state index contributed by atoms with van der Waals surface area (Å²) in [5.41, 5.74) is 7.50. The molecule has 4 nitrogen and oxygen atoms in total. The first kappa shape index (κ1) is 16.1. The van der Waals surface area contributed by atoms with Crippen molar-refractivity contribution >= 4 is 24.0 Å². The van der Waals surface area contributed by atoms with E-state index in [0.29, 0.717) is 17.5 Å². The standard InChI is InChI=1S/C16H23N3O.ClH/c17-13-4-5-14(18-11-13)10-15(20)19-9-8-16(12-19)6-2-1-3-7-16;/h4-5,11H,1-3,6-10,12,17H2;1H. The number of hydrogen-bond donors (Lipinski definition) is 1. The van der Waals surface area contributed by atoms with Crippen LogP contribution in [-0.4, -0.2) is 28.9 Å². The van der Waals surface area contributed by atoms with E-state index in [-0.39, 0.29) is 18.3 Å². The van der Waals surface area contributed by atoms with Gasteiger partial charge < -0.3 is 10.6 Å². The summed E-state index contributed by atoms with van der Waals surface area (Å²) >= 11 is 0. The molecule has 1 saturated heterocycles. The fourth-order valence-electron chi connectivity index (χ4n) is 3.67. The van der Waals surface area contributed by atoms with Crippen LogP contribution in [0.5, 0.6) is 0 Å². The second-order valence-corrected chi connectivity index (χ2v) is 6.39. The molecule has 1 aromatic heterocycles. The summed E-state index contributed by atoms with van der Waals surface area (Å²) in [4.78, 5) is 18.6. The van der Waals surface area contributed by atoms with Gasteiger partial charge >= 0.3 is 0 Å². The third-order valence-electron chi connectivity index (χ3n) is 4.89. The second-order valence-electron chi connectivity index (χ2n) is 6.39. The predicted octanol–water partition coefficient (Wildman–Crippen LogP) is 2.81. The minimum Gasteiger partial charge on any atom is -0.397 e. The van der Waals surface area contributed by atoms with Gasteiger partial charge in [0.05, 0.1) is 18.3 Å². The Bertz CT molecular complexity index is 483. The van der Waals surface area contributed by atoms with Gasteiger partial charge in [-0.3, -0.25) is 9.78 Å². The van der Waals surface area contributed by atoms with E-state index in [1.165, 1.54) is 38.5 Å². The van der Waals surface area contributed by atoms with E-state index in [1.807, 2.05) is 17.0 Å². The van der Waals surface area contributed by atoms with Crippen molar-refractivity contribution in [2.45, 2.75) is 44.9 Å². The predicted molar refractivity (Wildman–Crippen MR) is 86.3 cm³/mol. The van der Waals surface area contributed by atoms with Crippen LogP contribution in [0.3, 0.4) is 0 Å². The molecule has 2 fully saturated rings. The van der Waals surface area contributed by atoms with Gasteiger partial charge in [0, 0.05) is 18.8 Å². The quantitative estimate of drug-likeness (QED) is 0.914. The maximum absolute atomic E-state index is 12.4. The molecule has 5 heteroatoms. The van der Waals surface area contributed by atoms with Gasteiger partial charge in [0.25, 0.3) is 0 Å². The van der Waals surface area contributed by atoms with Crippen molar-refractivity contribution < 1.29 is 4.79 Å². The van der Waals surface area contributed by atoms with Crippen molar-refractivity contribution in [3.8, 4) is 0 Å². The average molecular weight is 310 g/mol. The Morgan fingerprint density at radius 1 is 1.24 bits per heavy atom. The van der Waals surface area contributed by atoms with E-state index in [9.17, 15) is 4.79 Å². The number of anilines is 1. The van der Waals surface area contributed by atoms with Crippen LogP contribution in [0.4, 0.5) is 5.69 Å². The highest BCUT2D eigenvalue weighted by atomic mass is 35.5. The van der Waals surface area contributed by atoms with Gasteiger partial charge in [-0.25, -0.2) is 0 Å². The zero-order valence-corrected chi connectivity index (χ0v) is 13.2. The minimum atomic E-state index is 0. The summed E-state index contributed by atoms with van der Waals surface area (Å²) in [6.07, 6.45) is 9.85. The fraction of sp³-hybridized carbons (Fsp3) is 0.625. The van der Waals surface area contributed by atoms with Crippen LogP contribution >= 0.6 is 12.4 Å². The summed E-state index contributed by atoms with van der Waals surface area (Å²) in [5.74, 6) is 0.213. The lowest BCUT2D eigenvalue weighted by Crippen LogP contribution is -2.34. The van der Waals surface area contributed by atoms with Crippen LogP contribution in [0, 0.1) is 5.41 Å². The largest absolute Gasteiger partial charge is 0.397 e. The number of likely N-dealkylation sites (tertiary alicyclic amines) is 1. The van der Waals surface area contributed by atoms with Crippen molar-refractivity contribution in [1.29, 1.82) is 0 Å². The maximum atomic E-state index is 12.4. The molecule has 1 saturated carbocycles. The monoisotopic (exact) mass is 309 g/mol. The lowest BCUT2D eigenvalue weighted by Gasteiger charge is -2.33. The summed E-state index contributed by atoms with van der Waals surface area (Å²) in [6.45, 7) is 1.88. The lowest BCUT2D eigenvalue weighted by molar-refractivity contribution is -0.130. The zero-order valence-electron chi connectivity index (χ0n) is 12.4. The Hall–Kier alpha value is -1.29. The van der Waals surface area contributed by atoms with Crippen LogP contribution in [-0.2, 0) is 11.2 Å². The highest BCUT2D eigenvalue weighted by Crippen LogP contribution is 2.43. The van der Waals surface area contributed by atoms with E-state index in [4.69, 9.17) is 5.73 Å². The molecular formula is C16H24ClN3O. The van der Waals surface area contributed by atoms with Gasteiger partial charge in [-0.15, -0.1) is 12.4 Å². The molecule has 3 rings (SSSR count). The highest BCUT2D eigenvalue weighted by molar-refractivity contribution is 5.85. The highest BCUT2D eigenvalue weighted by Gasteiger charge is 2.40. The van der Waals surface area contributed by atoms with Crippen LogP contribution in [0.25, 0.3) is 0 Å². The van der Waals surface area contributed by atoms with Gasteiger partial charge in [-0.05, 0) is 36.8 Å². The number of carbonyl (C=O) groups is 1. The number of nitrogens with zero attached hydrogens (tertiary/aromatic N) is 2. The number of aromatic nitrogens is 1. The molecule has 1 aliphatic heterocycles. The van der Waals surface area contributed by atoms with Crippen LogP contribution in [0.1, 0.15) is 44.2 Å². The fourth-order valence-corrected chi connectivity index (χ4v) is 3.67. The van der Waals surface area contributed by atoms with E-state index < -0.39 is 0 Å². The Balaban J connectivity index is 0.00000161. The molecule has 1 aromatic rings. The molecule has 1 aliphatic carbocycles. The first-order valence-electron chi connectivity index (χ1n) is 7.65. The van der Waals surface area contributed by atoms with E-state index in [1.54, 1.807) is 6.20 Å². The molecule has 0 aromatic carbocycles. The number of carbonyl (C=O) groups excluding carboxylic acids is 1. The minimum absolute atomic E-state index is 0. The molecule has 0 radical (unpaired) electrons. The smallest absolute Gasteiger partial charge is 0.228 e. The van der Waals surface area contributed by atoms with Crippen LogP contribution in [0.15, 0.2) is 18.3 Å². The number of nitrogen functional groups attached to an aromatic ring is 1. The van der Waals surface area contributed by atoms with Crippen molar-refractivity contribution in [1.82, 2.24) is 9.88 Å². The summed E-state index contributed by atoms with van der Waals surface area (Å²) in [6, 6.07) is 3.65. The van der Waals surface area contributed by atoms with E-state index in [0.717, 1.165) is 18.8 Å². The molecule has 0 unspecified atom stereocenters. The van der Waals surface area contributed by atoms with Crippen LogP contribution in [0.2, 0.25) is 0 Å². The Morgan fingerprint density at radius 3 is 2.67 bits per heavy atom. The molecule has 2 aliphatic rings. The second kappa shape index (κ2) is 6.65. The van der Waals surface area contributed by atoms with Gasteiger partial charge in [0.15, 0.2) is 0 Å². The number of amides is 1. The molecule has 1 amide bonds. The topological polar surface area (TPSA) is 59.2 Å². The maximum Gasteiger partial charge on any atom is 0.228 e. The number of rotatable bonds is 2. The van der Waals surface area contributed by atoms with Crippen molar-refractivity contribution in [2.75, 3.05) is 18.8 Å². The molecule has 0 bridgehead atoms. The normalized spacial score (nSPS) is 20.3. The van der Waals surface area contributed by atoms with E-state index >= 15 is 0 Å². The first-order chi connectivity index (χ1) is 9.67. The molecule has 0 atom stereocenters. The summed E-state index contributed by atoms with van der Waals surface area (Å²) in [7, 11) is 0. The summed E-state index contributed by atoms with van der Waals surface area (Å²) in [5, 5.41) is 0.